The molecule has 0 radical (unpaired) electrons. The van der Waals surface area contributed by atoms with Gasteiger partial charge in [-0.15, -0.1) is 0 Å². The fourth-order valence-corrected chi connectivity index (χ4v) is 3.74. The average molecular weight is 352 g/mol. The zero-order valence-electron chi connectivity index (χ0n) is 12.4. The van der Waals surface area contributed by atoms with Crippen LogP contribution in [-0.2, 0) is 14.6 Å². The van der Waals surface area contributed by atoms with E-state index < -0.39 is 21.5 Å². The highest BCUT2D eigenvalue weighted by molar-refractivity contribution is 7.92. The summed E-state index contributed by atoms with van der Waals surface area (Å²) in [7, 11) is -3.75. The molecule has 1 amide bonds. The molecule has 1 aromatic carbocycles. The zero-order chi connectivity index (χ0) is 16.4. The van der Waals surface area contributed by atoms with E-state index >= 15 is 0 Å². The molecule has 0 bridgehead atoms. The van der Waals surface area contributed by atoms with Gasteiger partial charge in [-0.1, -0.05) is 23.2 Å². The van der Waals surface area contributed by atoms with E-state index in [4.69, 9.17) is 23.2 Å². The van der Waals surface area contributed by atoms with Gasteiger partial charge < -0.3 is 4.90 Å². The van der Waals surface area contributed by atoms with Crippen molar-refractivity contribution in [2.45, 2.75) is 44.7 Å². The Morgan fingerprint density at radius 3 is 2.05 bits per heavy atom. The molecule has 0 aliphatic rings. The molecule has 0 saturated carbocycles. The first-order chi connectivity index (χ1) is 9.56. The Kier molecular flexibility index (Phi) is 6.08. The molecule has 1 rings (SSSR count). The van der Waals surface area contributed by atoms with Crippen LogP contribution in [0.3, 0.4) is 0 Å². The minimum atomic E-state index is -3.75. The molecule has 0 fully saturated rings. The molecular formula is C14H19Cl2NO3S. The van der Waals surface area contributed by atoms with Crippen molar-refractivity contribution in [3.05, 3.63) is 28.2 Å². The van der Waals surface area contributed by atoms with Crippen LogP contribution in [0.4, 0.5) is 0 Å². The van der Waals surface area contributed by atoms with Crippen molar-refractivity contribution in [2.75, 3.05) is 5.75 Å². The number of halogens is 2. The summed E-state index contributed by atoms with van der Waals surface area (Å²) in [5.41, 5.74) is 0. The molecule has 0 N–H and O–H groups in total. The van der Waals surface area contributed by atoms with Gasteiger partial charge in [-0.25, -0.2) is 8.42 Å². The van der Waals surface area contributed by atoms with Gasteiger partial charge in [0, 0.05) is 12.1 Å². The fraction of sp³-hybridized carbons (Fsp3) is 0.500. The van der Waals surface area contributed by atoms with Gasteiger partial charge in [-0.2, -0.15) is 0 Å². The first-order valence-electron chi connectivity index (χ1n) is 6.55. The van der Waals surface area contributed by atoms with Gasteiger partial charge in [0.1, 0.15) is 5.75 Å². The third-order valence-corrected chi connectivity index (χ3v) is 5.30. The molecule has 1 aromatic rings. The lowest BCUT2D eigenvalue weighted by Crippen LogP contribution is -2.44. The van der Waals surface area contributed by atoms with Crippen LogP contribution >= 0.6 is 23.2 Å². The smallest absolute Gasteiger partial charge is 0.238 e. The molecule has 7 heteroatoms. The van der Waals surface area contributed by atoms with Crippen LogP contribution in [0.15, 0.2) is 23.1 Å². The average Bonchev–Trinajstić information content (AvgIpc) is 2.30. The fourth-order valence-electron chi connectivity index (χ4n) is 2.16. The van der Waals surface area contributed by atoms with Gasteiger partial charge in [-0.3, -0.25) is 4.79 Å². The predicted octanol–water partition coefficient (Wildman–Crippen LogP) is 3.41. The largest absolute Gasteiger partial charge is 0.337 e. The number of rotatable bonds is 5. The SMILES string of the molecule is CC(C)N(C(=O)CS(=O)(=O)c1ccc(Cl)c(Cl)c1)C(C)C. The van der Waals surface area contributed by atoms with Crippen molar-refractivity contribution >= 4 is 38.9 Å². The Labute approximate surface area is 136 Å². The first-order valence-corrected chi connectivity index (χ1v) is 8.96. The first kappa shape index (κ1) is 18.3. The second-order valence-electron chi connectivity index (χ2n) is 5.32. The number of hydrogen-bond donors (Lipinski definition) is 0. The highest BCUT2D eigenvalue weighted by atomic mass is 35.5. The highest BCUT2D eigenvalue weighted by Crippen LogP contribution is 2.25. The van der Waals surface area contributed by atoms with Crippen molar-refractivity contribution in [1.82, 2.24) is 4.90 Å². The Bertz CT molecular complexity index is 619. The summed E-state index contributed by atoms with van der Waals surface area (Å²) in [6, 6.07) is 3.89. The Morgan fingerprint density at radius 2 is 1.62 bits per heavy atom. The number of sulfone groups is 1. The van der Waals surface area contributed by atoms with Crippen molar-refractivity contribution in [3.63, 3.8) is 0 Å². The second-order valence-corrected chi connectivity index (χ2v) is 8.13. The van der Waals surface area contributed by atoms with E-state index in [1.165, 1.54) is 18.2 Å². The highest BCUT2D eigenvalue weighted by Gasteiger charge is 2.27. The van der Waals surface area contributed by atoms with Crippen molar-refractivity contribution in [3.8, 4) is 0 Å². The Hall–Kier alpha value is -0.780. The number of carbonyl (C=O) groups is 1. The summed E-state index contributed by atoms with van der Waals surface area (Å²) in [6.45, 7) is 7.40. The normalized spacial score (nSPS) is 12.0. The maximum Gasteiger partial charge on any atom is 0.238 e. The van der Waals surface area contributed by atoms with E-state index in [0.29, 0.717) is 0 Å². The third-order valence-electron chi connectivity index (χ3n) is 2.96. The van der Waals surface area contributed by atoms with E-state index in [1.54, 1.807) is 4.90 Å². The molecule has 0 saturated heterocycles. The summed E-state index contributed by atoms with van der Waals surface area (Å²) in [6.07, 6.45) is 0. The summed E-state index contributed by atoms with van der Waals surface area (Å²) >= 11 is 11.6. The van der Waals surface area contributed by atoms with Crippen molar-refractivity contribution < 1.29 is 13.2 Å². The molecule has 0 heterocycles. The van der Waals surface area contributed by atoms with E-state index in [2.05, 4.69) is 0 Å². The second kappa shape index (κ2) is 6.99. The van der Waals surface area contributed by atoms with Crippen LogP contribution in [0, 0.1) is 0 Å². The third kappa shape index (κ3) is 4.59. The van der Waals surface area contributed by atoms with Crippen LogP contribution in [0.1, 0.15) is 27.7 Å². The van der Waals surface area contributed by atoms with Gasteiger partial charge in [0.25, 0.3) is 0 Å². The monoisotopic (exact) mass is 351 g/mol. The number of carbonyl (C=O) groups excluding carboxylic acids is 1. The summed E-state index contributed by atoms with van der Waals surface area (Å²) in [5.74, 6) is -1.01. The molecule has 0 aliphatic heterocycles. The number of hydrogen-bond acceptors (Lipinski definition) is 3. The summed E-state index contributed by atoms with van der Waals surface area (Å²) in [4.78, 5) is 13.8. The summed E-state index contributed by atoms with van der Waals surface area (Å²) in [5, 5.41) is 0.419. The predicted molar refractivity (Wildman–Crippen MR) is 85.6 cm³/mol. The van der Waals surface area contributed by atoms with Crippen molar-refractivity contribution in [2.24, 2.45) is 0 Å². The van der Waals surface area contributed by atoms with Crippen LogP contribution in [0.2, 0.25) is 10.0 Å². The molecule has 0 atom stereocenters. The molecule has 21 heavy (non-hydrogen) atoms. The Morgan fingerprint density at radius 1 is 1.10 bits per heavy atom. The lowest BCUT2D eigenvalue weighted by molar-refractivity contribution is -0.131. The minimum absolute atomic E-state index is 0.00212. The molecule has 0 aliphatic carbocycles. The molecule has 4 nitrogen and oxygen atoms in total. The van der Waals surface area contributed by atoms with Gasteiger partial charge >= 0.3 is 0 Å². The Balaban J connectivity index is 3.04. The van der Waals surface area contributed by atoms with Crippen LogP contribution in [0.5, 0.6) is 0 Å². The van der Waals surface area contributed by atoms with Crippen LogP contribution in [0.25, 0.3) is 0 Å². The quantitative estimate of drug-likeness (QED) is 0.816. The van der Waals surface area contributed by atoms with Crippen molar-refractivity contribution in [1.29, 1.82) is 0 Å². The lowest BCUT2D eigenvalue weighted by Gasteiger charge is -2.30. The van der Waals surface area contributed by atoms with Crippen LogP contribution in [-0.4, -0.2) is 37.1 Å². The van der Waals surface area contributed by atoms with Gasteiger partial charge in [0.2, 0.25) is 5.91 Å². The van der Waals surface area contributed by atoms with Gasteiger partial charge in [0.15, 0.2) is 9.84 Å². The topological polar surface area (TPSA) is 54.5 Å². The molecule has 0 aromatic heterocycles. The van der Waals surface area contributed by atoms with E-state index in [9.17, 15) is 13.2 Å². The number of amides is 1. The maximum atomic E-state index is 12.3. The van der Waals surface area contributed by atoms with Crippen LogP contribution < -0.4 is 0 Å². The molecule has 118 valence electrons. The summed E-state index contributed by atoms with van der Waals surface area (Å²) < 4.78 is 24.6. The molecule has 0 spiro atoms. The number of nitrogens with zero attached hydrogens (tertiary/aromatic N) is 1. The standard InChI is InChI=1S/C14H19Cl2NO3S/c1-9(2)17(10(3)4)14(18)8-21(19,20)11-5-6-12(15)13(16)7-11/h5-7,9-10H,8H2,1-4H3. The van der Waals surface area contributed by atoms with E-state index in [0.717, 1.165) is 0 Å². The van der Waals surface area contributed by atoms with E-state index in [1.807, 2.05) is 27.7 Å². The zero-order valence-corrected chi connectivity index (χ0v) is 14.8. The van der Waals surface area contributed by atoms with Gasteiger partial charge in [-0.05, 0) is 45.9 Å². The molecular weight excluding hydrogens is 333 g/mol. The van der Waals surface area contributed by atoms with E-state index in [-0.39, 0.29) is 27.0 Å². The lowest BCUT2D eigenvalue weighted by atomic mass is 10.2. The minimum Gasteiger partial charge on any atom is -0.337 e. The number of benzene rings is 1. The maximum absolute atomic E-state index is 12.3. The van der Waals surface area contributed by atoms with Gasteiger partial charge in [0.05, 0.1) is 14.9 Å². The molecule has 0 unspecified atom stereocenters.